The molecule has 21 heteroatoms. The van der Waals surface area contributed by atoms with Crippen LogP contribution in [0.5, 0.6) is 0 Å². The predicted molar refractivity (Wildman–Crippen MR) is 202 cm³/mol. The van der Waals surface area contributed by atoms with E-state index in [0.29, 0.717) is 12.2 Å². The zero-order chi connectivity index (χ0) is 40.0. The number of carbonyl (C=O) groups is 3. The topological polar surface area (TPSA) is 239 Å². The van der Waals surface area contributed by atoms with Crippen LogP contribution in [0.3, 0.4) is 0 Å². The summed E-state index contributed by atoms with van der Waals surface area (Å²) < 4.78 is 70.4. The van der Waals surface area contributed by atoms with Crippen LogP contribution >= 0.6 is 23.2 Å². The van der Waals surface area contributed by atoms with E-state index in [-0.39, 0.29) is 75.0 Å². The Labute approximate surface area is 320 Å². The number of rotatable bonds is 15. The fraction of sp³-hybridized carbons (Fsp3) is 0.273. The molecule has 0 saturated heterocycles. The van der Waals surface area contributed by atoms with Crippen molar-refractivity contribution in [1.29, 1.82) is 0 Å². The van der Waals surface area contributed by atoms with Crippen molar-refractivity contribution in [3.8, 4) is 5.69 Å². The van der Waals surface area contributed by atoms with Gasteiger partial charge in [0.25, 0.3) is 26.1 Å². The van der Waals surface area contributed by atoms with Gasteiger partial charge in [-0.15, -0.1) is 10.2 Å². The maximum Gasteiger partial charge on any atom is 0.343 e. The van der Waals surface area contributed by atoms with Crippen molar-refractivity contribution >= 4 is 89.8 Å². The van der Waals surface area contributed by atoms with Gasteiger partial charge in [0.2, 0.25) is 5.91 Å². The van der Waals surface area contributed by atoms with E-state index in [9.17, 15) is 35.8 Å². The van der Waals surface area contributed by atoms with Crippen molar-refractivity contribution < 1.29 is 45.1 Å². The molecule has 0 bridgehead atoms. The molecular weight excluding hydrogens is 789 g/mol. The first kappa shape index (κ1) is 41.8. The number of hydrogen-bond acceptors (Lipinski definition) is 12. The largest absolute Gasteiger partial charge is 0.462 e. The highest BCUT2D eigenvalue weighted by atomic mass is 35.5. The molecule has 2 amide bonds. The summed E-state index contributed by atoms with van der Waals surface area (Å²) in [7, 11) is -8.71. The summed E-state index contributed by atoms with van der Waals surface area (Å²) in [6, 6.07) is 12.2. The van der Waals surface area contributed by atoms with E-state index in [2.05, 4.69) is 26.0 Å². The van der Waals surface area contributed by atoms with Crippen molar-refractivity contribution in [1.82, 2.24) is 9.78 Å². The van der Waals surface area contributed by atoms with Gasteiger partial charge in [0.1, 0.15) is 16.9 Å². The number of aryl methyl sites for hydroxylation is 1. The van der Waals surface area contributed by atoms with Gasteiger partial charge in [0.15, 0.2) is 5.82 Å². The van der Waals surface area contributed by atoms with Gasteiger partial charge in [-0.2, -0.15) is 21.9 Å². The summed E-state index contributed by atoms with van der Waals surface area (Å²) >= 11 is 13.4. The van der Waals surface area contributed by atoms with E-state index < -0.39 is 48.7 Å². The molecule has 0 unspecified atom stereocenters. The number of anilines is 3. The lowest BCUT2D eigenvalue weighted by molar-refractivity contribution is -0.114. The number of aromatic nitrogens is 2. The maximum absolute atomic E-state index is 13.2. The third kappa shape index (κ3) is 10.6. The Morgan fingerprint density at radius 1 is 0.963 bits per heavy atom. The Kier molecular flexibility index (Phi) is 13.5. The van der Waals surface area contributed by atoms with Crippen LogP contribution in [-0.4, -0.2) is 79.0 Å². The Hall–Kier alpha value is -4.92. The molecule has 0 aliphatic carbocycles. The minimum atomic E-state index is -4.57. The van der Waals surface area contributed by atoms with Gasteiger partial charge in [-0.25, -0.2) is 9.48 Å². The molecule has 0 fully saturated rings. The molecule has 4 N–H and O–H groups in total. The van der Waals surface area contributed by atoms with Crippen LogP contribution in [0.1, 0.15) is 53.6 Å². The van der Waals surface area contributed by atoms with Crippen LogP contribution in [0.15, 0.2) is 69.7 Å². The van der Waals surface area contributed by atoms with Crippen LogP contribution in [0.2, 0.25) is 10.0 Å². The summed E-state index contributed by atoms with van der Waals surface area (Å²) in [5.74, 6) is -2.52. The SMILES string of the molecule is CCOC(=O)c1c(C)nn(-c2c(Cl)cc(NC(=O)c3cccc(S(=O)(=O)O)c3)cc2Cl)c1N=Nc1ccc(N(CC)CCCS(=O)(=O)O)cc1NC(C)=O. The first-order valence-electron chi connectivity index (χ1n) is 16.0. The number of esters is 1. The summed E-state index contributed by atoms with van der Waals surface area (Å²) in [5, 5.41) is 18.3. The summed E-state index contributed by atoms with van der Waals surface area (Å²) in [5.41, 5.74) is 1.17. The number of nitrogens with one attached hydrogen (secondary N) is 2. The van der Waals surface area contributed by atoms with Gasteiger partial charge in [-0.05, 0) is 75.7 Å². The van der Waals surface area contributed by atoms with E-state index in [4.69, 9.17) is 32.5 Å². The van der Waals surface area contributed by atoms with Crippen molar-refractivity contribution in [2.75, 3.05) is 41.0 Å². The number of benzene rings is 3. The van der Waals surface area contributed by atoms with Crippen molar-refractivity contribution in [2.24, 2.45) is 10.2 Å². The summed E-state index contributed by atoms with van der Waals surface area (Å²) in [6.45, 7) is 7.06. The number of halogens is 2. The quantitative estimate of drug-likeness (QED) is 0.0561. The molecule has 1 heterocycles. The third-order valence-electron chi connectivity index (χ3n) is 7.52. The smallest absolute Gasteiger partial charge is 0.343 e. The average molecular weight is 825 g/mol. The number of nitrogens with zero attached hydrogens (tertiary/aromatic N) is 5. The molecule has 0 atom stereocenters. The first-order valence-corrected chi connectivity index (χ1v) is 19.8. The molecule has 0 saturated carbocycles. The van der Waals surface area contributed by atoms with Crippen LogP contribution in [0.25, 0.3) is 5.69 Å². The second-order valence-corrected chi connectivity index (χ2v) is 15.3. The van der Waals surface area contributed by atoms with Gasteiger partial charge in [-0.1, -0.05) is 29.3 Å². The highest BCUT2D eigenvalue weighted by Crippen LogP contribution is 2.39. The third-order valence-corrected chi connectivity index (χ3v) is 9.75. The number of hydrogen-bond donors (Lipinski definition) is 4. The molecular formula is C33H35Cl2N7O10S2. The molecule has 17 nitrogen and oxygen atoms in total. The zero-order valence-electron chi connectivity index (χ0n) is 29.2. The summed E-state index contributed by atoms with van der Waals surface area (Å²) in [4.78, 5) is 39.6. The molecule has 288 valence electrons. The fourth-order valence-electron chi connectivity index (χ4n) is 5.15. The molecule has 54 heavy (non-hydrogen) atoms. The van der Waals surface area contributed by atoms with Crippen LogP contribution < -0.4 is 15.5 Å². The van der Waals surface area contributed by atoms with Crippen LogP contribution in [-0.2, 0) is 29.8 Å². The minimum absolute atomic E-state index is 0.0232. The minimum Gasteiger partial charge on any atom is -0.462 e. The van der Waals surface area contributed by atoms with Crippen LogP contribution in [0, 0.1) is 6.92 Å². The van der Waals surface area contributed by atoms with Gasteiger partial charge in [0, 0.05) is 37.0 Å². The predicted octanol–water partition coefficient (Wildman–Crippen LogP) is 6.64. The molecule has 0 aliphatic rings. The number of ether oxygens (including phenoxy) is 1. The Morgan fingerprint density at radius 2 is 1.65 bits per heavy atom. The molecule has 0 radical (unpaired) electrons. The molecule has 3 aromatic carbocycles. The van der Waals surface area contributed by atoms with Crippen molar-refractivity contribution in [3.63, 3.8) is 0 Å². The van der Waals surface area contributed by atoms with Crippen molar-refractivity contribution in [3.05, 3.63) is 81.5 Å². The average Bonchev–Trinajstić information content (AvgIpc) is 3.39. The van der Waals surface area contributed by atoms with Gasteiger partial charge in [0.05, 0.1) is 38.7 Å². The molecule has 4 rings (SSSR count). The molecule has 4 aromatic rings. The lowest BCUT2D eigenvalue weighted by Gasteiger charge is -2.24. The fourth-order valence-corrected chi connectivity index (χ4v) is 6.82. The molecule has 0 spiro atoms. The normalized spacial score (nSPS) is 11.8. The second-order valence-electron chi connectivity index (χ2n) is 11.5. The van der Waals surface area contributed by atoms with E-state index in [1.165, 1.54) is 38.1 Å². The van der Waals surface area contributed by atoms with Crippen molar-refractivity contribution in [2.45, 2.75) is 39.0 Å². The monoisotopic (exact) mass is 823 g/mol. The maximum atomic E-state index is 13.2. The zero-order valence-corrected chi connectivity index (χ0v) is 32.3. The lowest BCUT2D eigenvalue weighted by atomic mass is 10.2. The lowest BCUT2D eigenvalue weighted by Crippen LogP contribution is -2.25. The molecule has 1 aromatic heterocycles. The standard InChI is InChI=1S/C33H35Cl2N7O10S2/c1-5-41(13-8-14-53(46,47)48)23-11-12-27(28(18-23)36-20(4)43)38-39-31-29(33(45)52-6-2)19(3)40-42(31)30-25(34)16-22(17-26(30)35)37-32(44)21-9-7-10-24(15-21)54(49,50)51/h7,9-12,15-18H,5-6,8,13-14H2,1-4H3,(H,36,43)(H,37,44)(H,46,47,48)(H,49,50,51). The number of amides is 2. The van der Waals surface area contributed by atoms with E-state index in [1.54, 1.807) is 25.1 Å². The number of azo groups is 1. The van der Waals surface area contributed by atoms with E-state index in [0.717, 1.165) is 16.8 Å². The summed E-state index contributed by atoms with van der Waals surface area (Å²) in [6.07, 6.45) is 0.146. The van der Waals surface area contributed by atoms with Gasteiger partial charge >= 0.3 is 5.97 Å². The second kappa shape index (κ2) is 17.5. The van der Waals surface area contributed by atoms with E-state index in [1.807, 2.05) is 11.8 Å². The highest BCUT2D eigenvalue weighted by molar-refractivity contribution is 7.86. The Bertz CT molecular complexity index is 2330. The van der Waals surface area contributed by atoms with Gasteiger partial charge in [-0.3, -0.25) is 18.7 Å². The number of carbonyl (C=O) groups excluding carboxylic acids is 3. The highest BCUT2D eigenvalue weighted by Gasteiger charge is 2.27. The Balaban J connectivity index is 1.76. The molecule has 0 aliphatic heterocycles. The Morgan fingerprint density at radius 3 is 2.24 bits per heavy atom. The van der Waals surface area contributed by atoms with Crippen LogP contribution in [0.4, 0.5) is 28.6 Å². The van der Waals surface area contributed by atoms with E-state index >= 15 is 0 Å². The van der Waals surface area contributed by atoms with Gasteiger partial charge < -0.3 is 20.3 Å². The first-order chi connectivity index (χ1) is 25.3.